The Morgan fingerprint density at radius 1 is 0.895 bits per heavy atom. The van der Waals surface area contributed by atoms with E-state index < -0.39 is 0 Å². The molecule has 0 amide bonds. The van der Waals surface area contributed by atoms with Gasteiger partial charge in [0.15, 0.2) is 0 Å². The molecule has 0 spiro atoms. The molecule has 104 valence electrons. The van der Waals surface area contributed by atoms with Crippen LogP contribution < -0.4 is 5.32 Å². The number of halogens is 1. The highest BCUT2D eigenvalue weighted by atomic mass is 35.5. The molecular formula is C16H22ClNS. The van der Waals surface area contributed by atoms with Crippen LogP contribution in [0.2, 0.25) is 0 Å². The van der Waals surface area contributed by atoms with Crippen LogP contribution in [0.5, 0.6) is 0 Å². The van der Waals surface area contributed by atoms with Gasteiger partial charge in [0, 0.05) is 5.88 Å². The molecule has 1 aromatic heterocycles. The second kappa shape index (κ2) is 12.2. The van der Waals surface area contributed by atoms with Crippen LogP contribution in [0.25, 0.3) is 0 Å². The second-order valence-electron chi connectivity index (χ2n) is 4.22. The van der Waals surface area contributed by atoms with Crippen molar-refractivity contribution in [3.8, 4) is 0 Å². The third-order valence-electron chi connectivity index (χ3n) is 2.63. The minimum absolute atomic E-state index is 0.612. The molecule has 1 aliphatic heterocycles. The van der Waals surface area contributed by atoms with Crippen molar-refractivity contribution in [3.63, 3.8) is 0 Å². The molecule has 0 radical (unpaired) electrons. The molecule has 1 saturated heterocycles. The molecular weight excluding hydrogens is 274 g/mol. The molecule has 19 heavy (non-hydrogen) atoms. The van der Waals surface area contributed by atoms with E-state index in [2.05, 4.69) is 5.32 Å². The number of thiophene rings is 1. The van der Waals surface area contributed by atoms with Gasteiger partial charge in [0.25, 0.3) is 0 Å². The summed E-state index contributed by atoms with van der Waals surface area (Å²) in [5.41, 5.74) is 1.18. The van der Waals surface area contributed by atoms with Crippen LogP contribution in [0.1, 0.15) is 24.8 Å². The molecule has 0 atom stereocenters. The standard InChI is InChI=1S/C7H7Cl.C5H11N.C4H4S/c8-6-7-4-2-1-3-5-7;1-2-4-6-5-3-1;1-2-4-5-3-1/h1-5H,6H2;6H,1-5H2;1-4H. The van der Waals surface area contributed by atoms with E-state index in [-0.39, 0.29) is 0 Å². The van der Waals surface area contributed by atoms with Gasteiger partial charge in [-0.1, -0.05) is 48.9 Å². The van der Waals surface area contributed by atoms with Crippen molar-refractivity contribution < 1.29 is 0 Å². The highest BCUT2D eigenvalue weighted by Crippen LogP contribution is 2.00. The molecule has 2 heterocycles. The normalized spacial score (nSPS) is 13.5. The molecule has 3 rings (SSSR count). The number of nitrogens with one attached hydrogen (secondary N) is 1. The Bertz CT molecular complexity index is 342. The number of benzene rings is 1. The summed E-state index contributed by atoms with van der Waals surface area (Å²) in [5.74, 6) is 0.612. The Morgan fingerprint density at radius 2 is 1.53 bits per heavy atom. The van der Waals surface area contributed by atoms with Crippen LogP contribution in [0.3, 0.4) is 0 Å². The highest BCUT2D eigenvalue weighted by Gasteiger charge is 1.93. The smallest absolute Gasteiger partial charge is 0.0474 e. The maximum Gasteiger partial charge on any atom is 0.0474 e. The van der Waals surface area contributed by atoms with E-state index in [0.29, 0.717) is 5.88 Å². The molecule has 1 fully saturated rings. The van der Waals surface area contributed by atoms with Crippen LogP contribution in [-0.2, 0) is 5.88 Å². The van der Waals surface area contributed by atoms with E-state index in [1.807, 2.05) is 53.2 Å². The van der Waals surface area contributed by atoms with Crippen molar-refractivity contribution in [2.45, 2.75) is 25.1 Å². The molecule has 0 aliphatic carbocycles. The van der Waals surface area contributed by atoms with E-state index in [9.17, 15) is 0 Å². The Kier molecular flexibility index (Phi) is 10.4. The first-order chi connectivity index (χ1) is 9.43. The quantitative estimate of drug-likeness (QED) is 0.735. The third kappa shape index (κ3) is 9.71. The van der Waals surface area contributed by atoms with Crippen LogP contribution in [-0.4, -0.2) is 13.1 Å². The van der Waals surface area contributed by atoms with Gasteiger partial charge in [0.1, 0.15) is 0 Å². The summed E-state index contributed by atoms with van der Waals surface area (Å²) in [6, 6.07) is 14.0. The minimum atomic E-state index is 0.612. The van der Waals surface area contributed by atoms with Crippen molar-refractivity contribution in [2.75, 3.05) is 13.1 Å². The first-order valence-corrected chi connectivity index (χ1v) is 8.19. The van der Waals surface area contributed by atoms with Crippen LogP contribution in [0.15, 0.2) is 53.2 Å². The number of hydrogen-bond donors (Lipinski definition) is 1. The van der Waals surface area contributed by atoms with Gasteiger partial charge in [0.2, 0.25) is 0 Å². The molecule has 1 N–H and O–H groups in total. The van der Waals surface area contributed by atoms with Crippen LogP contribution in [0, 0.1) is 0 Å². The topological polar surface area (TPSA) is 12.0 Å². The van der Waals surface area contributed by atoms with Gasteiger partial charge in [-0.05, 0) is 42.3 Å². The number of alkyl halides is 1. The fourth-order valence-electron chi connectivity index (χ4n) is 1.60. The van der Waals surface area contributed by atoms with Crippen molar-refractivity contribution in [1.29, 1.82) is 0 Å². The number of hydrogen-bond acceptors (Lipinski definition) is 2. The fourth-order valence-corrected chi connectivity index (χ4v) is 2.23. The van der Waals surface area contributed by atoms with Gasteiger partial charge in [-0.15, -0.1) is 11.6 Å². The minimum Gasteiger partial charge on any atom is -0.317 e. The van der Waals surface area contributed by atoms with Crippen molar-refractivity contribution in [3.05, 3.63) is 58.8 Å². The van der Waals surface area contributed by atoms with Gasteiger partial charge in [0.05, 0.1) is 0 Å². The molecule has 2 aromatic rings. The maximum absolute atomic E-state index is 5.53. The SMILES string of the molecule is C1CCNCC1.ClCc1ccccc1.c1ccsc1. The van der Waals surface area contributed by atoms with E-state index in [1.54, 1.807) is 11.3 Å². The lowest BCUT2D eigenvalue weighted by molar-refractivity contribution is 0.520. The molecule has 1 aliphatic rings. The summed E-state index contributed by atoms with van der Waals surface area (Å²) in [6.07, 6.45) is 4.22. The van der Waals surface area contributed by atoms with E-state index in [0.717, 1.165) is 0 Å². The Labute approximate surface area is 125 Å². The van der Waals surface area contributed by atoms with Crippen LogP contribution >= 0.6 is 22.9 Å². The van der Waals surface area contributed by atoms with E-state index in [4.69, 9.17) is 11.6 Å². The van der Waals surface area contributed by atoms with Gasteiger partial charge in [-0.3, -0.25) is 0 Å². The summed E-state index contributed by atoms with van der Waals surface area (Å²) in [6.45, 7) is 2.50. The molecule has 3 heteroatoms. The van der Waals surface area contributed by atoms with Gasteiger partial charge in [-0.25, -0.2) is 0 Å². The summed E-state index contributed by atoms with van der Waals surface area (Å²) >= 11 is 7.24. The predicted octanol–water partition coefficient (Wildman–Crippen LogP) is 4.93. The first-order valence-electron chi connectivity index (χ1n) is 6.71. The van der Waals surface area contributed by atoms with Crippen molar-refractivity contribution >= 4 is 22.9 Å². The molecule has 0 saturated carbocycles. The molecule has 0 bridgehead atoms. The predicted molar refractivity (Wildman–Crippen MR) is 87.0 cm³/mol. The van der Waals surface area contributed by atoms with Gasteiger partial charge < -0.3 is 5.32 Å². The summed E-state index contributed by atoms with van der Waals surface area (Å²) < 4.78 is 0. The summed E-state index contributed by atoms with van der Waals surface area (Å²) in [5, 5.41) is 7.37. The highest BCUT2D eigenvalue weighted by molar-refractivity contribution is 7.07. The average Bonchev–Trinajstić information content (AvgIpc) is 3.10. The first kappa shape index (κ1) is 16.2. The largest absolute Gasteiger partial charge is 0.317 e. The fraction of sp³-hybridized carbons (Fsp3) is 0.375. The van der Waals surface area contributed by atoms with Gasteiger partial charge >= 0.3 is 0 Å². The Hall–Kier alpha value is -0.830. The Balaban J connectivity index is 0.000000147. The van der Waals surface area contributed by atoms with E-state index in [1.165, 1.54) is 37.9 Å². The average molecular weight is 296 g/mol. The zero-order valence-corrected chi connectivity index (χ0v) is 12.8. The van der Waals surface area contributed by atoms with Gasteiger partial charge in [-0.2, -0.15) is 11.3 Å². The second-order valence-corrected chi connectivity index (χ2v) is 5.31. The van der Waals surface area contributed by atoms with Crippen molar-refractivity contribution in [1.82, 2.24) is 5.32 Å². The summed E-state index contributed by atoms with van der Waals surface area (Å²) in [7, 11) is 0. The Morgan fingerprint density at radius 3 is 1.79 bits per heavy atom. The zero-order chi connectivity index (χ0) is 13.6. The third-order valence-corrected chi connectivity index (χ3v) is 3.57. The number of piperidine rings is 1. The maximum atomic E-state index is 5.53. The molecule has 1 nitrogen and oxygen atoms in total. The lowest BCUT2D eigenvalue weighted by Gasteiger charge is -2.08. The zero-order valence-electron chi connectivity index (χ0n) is 11.2. The molecule has 0 unspecified atom stereocenters. The lowest BCUT2D eigenvalue weighted by Crippen LogP contribution is -2.21. The van der Waals surface area contributed by atoms with Crippen LogP contribution in [0.4, 0.5) is 0 Å². The van der Waals surface area contributed by atoms with Crippen molar-refractivity contribution in [2.24, 2.45) is 0 Å². The monoisotopic (exact) mass is 295 g/mol. The van der Waals surface area contributed by atoms with E-state index >= 15 is 0 Å². The lowest BCUT2D eigenvalue weighted by atomic mass is 10.2. The number of rotatable bonds is 1. The molecule has 1 aromatic carbocycles. The summed E-state index contributed by atoms with van der Waals surface area (Å²) in [4.78, 5) is 0.